The molecule has 1 saturated heterocycles. The van der Waals surface area contributed by atoms with Gasteiger partial charge in [-0.2, -0.15) is 0 Å². The first kappa shape index (κ1) is 34.5. The fourth-order valence-corrected chi connectivity index (χ4v) is 4.04. The van der Waals surface area contributed by atoms with Gasteiger partial charge >= 0.3 is 11.9 Å². The van der Waals surface area contributed by atoms with Crippen LogP contribution in [0.3, 0.4) is 0 Å². The molecule has 0 bridgehead atoms. The molecule has 6 atom stereocenters. The molecule has 0 aliphatic carbocycles. The lowest BCUT2D eigenvalue weighted by atomic mass is 9.99. The highest BCUT2D eigenvalue weighted by atomic mass is 16.7. The van der Waals surface area contributed by atoms with Gasteiger partial charge in [0.15, 0.2) is 12.4 Å². The molecule has 10 heteroatoms. The summed E-state index contributed by atoms with van der Waals surface area (Å²) in [6.45, 7) is 2.95. The van der Waals surface area contributed by atoms with Crippen molar-refractivity contribution >= 4 is 11.9 Å². The summed E-state index contributed by atoms with van der Waals surface area (Å²) >= 11 is 0. The standard InChI is InChI=1S/C28H50O10/c1-3-5-6-7-8-9-10-11-12-13-14-15-17-24(31)37-21(19-35-23(30)16-4-2)20-36-28-27(34)26(33)25(32)22(18-29)38-28/h8-9,21-22,25-29,32-34H,3-7,10-20H2,1-2H3/b9-8-. The van der Waals surface area contributed by atoms with Crippen LogP contribution in [0.4, 0.5) is 0 Å². The molecule has 0 radical (unpaired) electrons. The minimum atomic E-state index is -1.59. The number of carbonyl (C=O) groups is 2. The van der Waals surface area contributed by atoms with Crippen molar-refractivity contribution in [1.29, 1.82) is 0 Å². The topological polar surface area (TPSA) is 152 Å². The van der Waals surface area contributed by atoms with E-state index in [0.29, 0.717) is 12.8 Å². The summed E-state index contributed by atoms with van der Waals surface area (Å²) in [5.74, 6) is -0.883. The summed E-state index contributed by atoms with van der Waals surface area (Å²) in [5.41, 5.74) is 0. The quantitative estimate of drug-likeness (QED) is 0.0960. The van der Waals surface area contributed by atoms with Gasteiger partial charge in [0.25, 0.3) is 0 Å². The number of hydrogen-bond donors (Lipinski definition) is 4. The van der Waals surface area contributed by atoms with Crippen molar-refractivity contribution in [3.05, 3.63) is 12.2 Å². The number of allylic oxidation sites excluding steroid dienone is 2. The molecule has 38 heavy (non-hydrogen) atoms. The van der Waals surface area contributed by atoms with Crippen molar-refractivity contribution in [3.63, 3.8) is 0 Å². The molecule has 0 aromatic rings. The Morgan fingerprint density at radius 2 is 1.45 bits per heavy atom. The van der Waals surface area contributed by atoms with Crippen LogP contribution in [0.25, 0.3) is 0 Å². The molecule has 1 aliphatic heterocycles. The van der Waals surface area contributed by atoms with Crippen LogP contribution >= 0.6 is 0 Å². The van der Waals surface area contributed by atoms with E-state index in [1.165, 1.54) is 19.3 Å². The second-order valence-electron chi connectivity index (χ2n) is 9.85. The van der Waals surface area contributed by atoms with Crippen molar-refractivity contribution in [2.75, 3.05) is 19.8 Å². The highest BCUT2D eigenvalue weighted by Crippen LogP contribution is 2.22. The van der Waals surface area contributed by atoms with Crippen LogP contribution < -0.4 is 0 Å². The van der Waals surface area contributed by atoms with Gasteiger partial charge in [0.2, 0.25) is 0 Å². The monoisotopic (exact) mass is 546 g/mol. The van der Waals surface area contributed by atoms with E-state index in [1.54, 1.807) is 0 Å². The molecular weight excluding hydrogens is 496 g/mol. The molecule has 10 nitrogen and oxygen atoms in total. The Balaban J connectivity index is 2.40. The fraction of sp³-hybridized carbons (Fsp3) is 0.857. The maximum Gasteiger partial charge on any atom is 0.306 e. The van der Waals surface area contributed by atoms with E-state index in [-0.39, 0.29) is 26.1 Å². The van der Waals surface area contributed by atoms with Crippen molar-refractivity contribution in [2.24, 2.45) is 0 Å². The van der Waals surface area contributed by atoms with Gasteiger partial charge < -0.3 is 39.4 Å². The van der Waals surface area contributed by atoms with Gasteiger partial charge in [-0.1, -0.05) is 58.1 Å². The SMILES string of the molecule is CCCCC/C=C\CCCCCCCC(=O)OC(COC(=O)CCC)COC1OC(CO)C(O)C(O)C1O. The van der Waals surface area contributed by atoms with E-state index < -0.39 is 55.4 Å². The van der Waals surface area contributed by atoms with Gasteiger partial charge in [-0.3, -0.25) is 9.59 Å². The van der Waals surface area contributed by atoms with Gasteiger partial charge in [-0.05, 0) is 38.5 Å². The largest absolute Gasteiger partial charge is 0.462 e. The number of carbonyl (C=O) groups excluding carboxylic acids is 2. The van der Waals surface area contributed by atoms with Crippen molar-refractivity contribution < 1.29 is 49.0 Å². The van der Waals surface area contributed by atoms with Crippen LogP contribution in [0, 0.1) is 0 Å². The fourth-order valence-electron chi connectivity index (χ4n) is 4.04. The van der Waals surface area contributed by atoms with E-state index >= 15 is 0 Å². The predicted octanol–water partition coefficient (Wildman–Crippen LogP) is 2.93. The van der Waals surface area contributed by atoms with Gasteiger partial charge in [-0.25, -0.2) is 0 Å². The molecule has 4 N–H and O–H groups in total. The second kappa shape index (κ2) is 21.3. The molecular formula is C28H50O10. The zero-order valence-corrected chi connectivity index (χ0v) is 23.2. The first-order chi connectivity index (χ1) is 18.3. The van der Waals surface area contributed by atoms with Crippen LogP contribution in [-0.4, -0.2) is 89.0 Å². The number of aliphatic hydroxyl groups excluding tert-OH is 4. The third kappa shape index (κ3) is 14.6. The van der Waals surface area contributed by atoms with E-state index in [2.05, 4.69) is 19.1 Å². The first-order valence-electron chi connectivity index (χ1n) is 14.3. The number of rotatable bonds is 21. The Morgan fingerprint density at radius 3 is 2.11 bits per heavy atom. The molecule has 222 valence electrons. The zero-order valence-electron chi connectivity index (χ0n) is 23.2. The Kier molecular flexibility index (Phi) is 19.3. The van der Waals surface area contributed by atoms with Crippen LogP contribution in [0.5, 0.6) is 0 Å². The normalized spacial score (nSPS) is 24.4. The predicted molar refractivity (Wildman–Crippen MR) is 141 cm³/mol. The summed E-state index contributed by atoms with van der Waals surface area (Å²) in [6, 6.07) is 0. The van der Waals surface area contributed by atoms with Crippen LogP contribution in [0.2, 0.25) is 0 Å². The van der Waals surface area contributed by atoms with Gasteiger partial charge in [0.05, 0.1) is 13.2 Å². The van der Waals surface area contributed by atoms with E-state index in [9.17, 15) is 30.0 Å². The minimum absolute atomic E-state index is 0.219. The highest BCUT2D eigenvalue weighted by molar-refractivity contribution is 5.70. The summed E-state index contributed by atoms with van der Waals surface area (Å²) in [5, 5.41) is 39.3. The van der Waals surface area contributed by atoms with E-state index in [4.69, 9.17) is 18.9 Å². The van der Waals surface area contributed by atoms with Gasteiger partial charge in [-0.15, -0.1) is 0 Å². The number of esters is 2. The van der Waals surface area contributed by atoms with Gasteiger partial charge in [0.1, 0.15) is 31.0 Å². The number of ether oxygens (including phenoxy) is 4. The summed E-state index contributed by atoms with van der Waals surface area (Å²) < 4.78 is 21.4. The molecule has 0 saturated carbocycles. The lowest BCUT2D eigenvalue weighted by Crippen LogP contribution is -2.59. The molecule has 0 amide bonds. The zero-order chi connectivity index (χ0) is 28.2. The number of aliphatic hydroxyl groups is 4. The third-order valence-corrected chi connectivity index (χ3v) is 6.37. The lowest BCUT2D eigenvalue weighted by molar-refractivity contribution is -0.305. The Hall–Kier alpha value is -1.56. The van der Waals surface area contributed by atoms with E-state index in [0.717, 1.165) is 38.5 Å². The van der Waals surface area contributed by atoms with Crippen molar-refractivity contribution in [3.8, 4) is 0 Å². The smallest absolute Gasteiger partial charge is 0.306 e. The highest BCUT2D eigenvalue weighted by Gasteiger charge is 2.44. The summed E-state index contributed by atoms with van der Waals surface area (Å²) in [6.07, 6.45) is 8.35. The number of hydrogen-bond acceptors (Lipinski definition) is 10. The first-order valence-corrected chi connectivity index (χ1v) is 14.3. The van der Waals surface area contributed by atoms with Crippen LogP contribution in [0.1, 0.15) is 97.3 Å². The molecule has 0 aromatic heterocycles. The molecule has 0 aromatic carbocycles. The molecule has 0 spiro atoms. The third-order valence-electron chi connectivity index (χ3n) is 6.37. The molecule has 1 fully saturated rings. The maximum atomic E-state index is 12.4. The van der Waals surface area contributed by atoms with E-state index in [1.807, 2.05) is 6.92 Å². The average Bonchev–Trinajstić information content (AvgIpc) is 2.90. The minimum Gasteiger partial charge on any atom is -0.462 e. The lowest BCUT2D eigenvalue weighted by Gasteiger charge is -2.39. The Bertz CT molecular complexity index is 654. The molecule has 1 aliphatic rings. The van der Waals surface area contributed by atoms with Crippen LogP contribution in [0.15, 0.2) is 12.2 Å². The maximum absolute atomic E-state index is 12.4. The Morgan fingerprint density at radius 1 is 0.789 bits per heavy atom. The summed E-state index contributed by atoms with van der Waals surface area (Å²) in [4.78, 5) is 24.2. The van der Waals surface area contributed by atoms with Crippen molar-refractivity contribution in [1.82, 2.24) is 0 Å². The Labute approximate surface area is 227 Å². The van der Waals surface area contributed by atoms with Gasteiger partial charge in [0, 0.05) is 12.8 Å². The number of unbranched alkanes of at least 4 members (excludes halogenated alkanes) is 8. The molecule has 6 unspecified atom stereocenters. The second-order valence-corrected chi connectivity index (χ2v) is 9.85. The molecule has 1 heterocycles. The molecule has 1 rings (SSSR count). The average molecular weight is 547 g/mol. The van der Waals surface area contributed by atoms with Crippen LogP contribution in [-0.2, 0) is 28.5 Å². The van der Waals surface area contributed by atoms with Crippen molar-refractivity contribution in [2.45, 2.75) is 134 Å². The summed E-state index contributed by atoms with van der Waals surface area (Å²) in [7, 11) is 0.